The van der Waals surface area contributed by atoms with E-state index in [-0.39, 0.29) is 0 Å². The standard InChI is InChI=1S/C14H23N3/c1-14(2)5-8-17(9-6-14)13-10-12(11-15-3)4-7-16-13/h4,7,10,15H,5-6,8-9,11H2,1-3H3. The molecule has 1 aliphatic heterocycles. The van der Waals surface area contributed by atoms with Crippen molar-refractivity contribution in [2.75, 3.05) is 25.0 Å². The van der Waals surface area contributed by atoms with Crippen LogP contribution in [0.15, 0.2) is 18.3 Å². The van der Waals surface area contributed by atoms with Crippen molar-refractivity contribution >= 4 is 5.82 Å². The number of nitrogens with zero attached hydrogens (tertiary/aromatic N) is 2. The van der Waals surface area contributed by atoms with E-state index in [1.807, 2.05) is 13.2 Å². The molecule has 1 N–H and O–H groups in total. The Balaban J connectivity index is 2.05. The first-order valence-electron chi connectivity index (χ1n) is 6.45. The first kappa shape index (κ1) is 12.4. The lowest BCUT2D eigenvalue weighted by Crippen LogP contribution is -2.37. The van der Waals surface area contributed by atoms with Crippen LogP contribution in [0.5, 0.6) is 0 Å². The van der Waals surface area contributed by atoms with Gasteiger partial charge >= 0.3 is 0 Å². The highest BCUT2D eigenvalue weighted by Crippen LogP contribution is 2.31. The van der Waals surface area contributed by atoms with Gasteiger partial charge in [0.2, 0.25) is 0 Å². The fourth-order valence-electron chi connectivity index (χ4n) is 2.29. The van der Waals surface area contributed by atoms with Crippen molar-refractivity contribution in [2.24, 2.45) is 5.41 Å². The molecule has 3 nitrogen and oxygen atoms in total. The van der Waals surface area contributed by atoms with Gasteiger partial charge in [-0.1, -0.05) is 13.8 Å². The van der Waals surface area contributed by atoms with E-state index in [4.69, 9.17) is 0 Å². The number of rotatable bonds is 3. The van der Waals surface area contributed by atoms with Gasteiger partial charge in [0, 0.05) is 25.8 Å². The van der Waals surface area contributed by atoms with Crippen LogP contribution in [-0.4, -0.2) is 25.1 Å². The average Bonchev–Trinajstić information content (AvgIpc) is 2.30. The number of pyridine rings is 1. The van der Waals surface area contributed by atoms with Gasteiger partial charge in [0.1, 0.15) is 5.82 Å². The molecule has 0 aromatic carbocycles. The van der Waals surface area contributed by atoms with Gasteiger partial charge in [-0.25, -0.2) is 4.98 Å². The zero-order chi connectivity index (χ0) is 12.3. The normalized spacial score (nSPS) is 19.4. The van der Waals surface area contributed by atoms with Gasteiger partial charge in [-0.15, -0.1) is 0 Å². The molecule has 0 atom stereocenters. The minimum absolute atomic E-state index is 0.499. The summed E-state index contributed by atoms with van der Waals surface area (Å²) in [6.07, 6.45) is 4.43. The third kappa shape index (κ3) is 3.19. The van der Waals surface area contributed by atoms with Crippen LogP contribution in [0.1, 0.15) is 32.3 Å². The molecule has 1 saturated heterocycles. The Morgan fingerprint density at radius 1 is 1.35 bits per heavy atom. The van der Waals surface area contributed by atoms with E-state index >= 15 is 0 Å². The van der Waals surface area contributed by atoms with Crippen molar-refractivity contribution in [3.8, 4) is 0 Å². The summed E-state index contributed by atoms with van der Waals surface area (Å²) in [5.74, 6) is 1.13. The van der Waals surface area contributed by atoms with Gasteiger partial charge in [0.15, 0.2) is 0 Å². The zero-order valence-electron chi connectivity index (χ0n) is 11.2. The van der Waals surface area contributed by atoms with Gasteiger partial charge in [0.05, 0.1) is 0 Å². The fraction of sp³-hybridized carbons (Fsp3) is 0.643. The highest BCUT2D eigenvalue weighted by molar-refractivity contribution is 5.41. The Bertz CT molecular complexity index is 363. The maximum atomic E-state index is 4.49. The first-order chi connectivity index (χ1) is 8.11. The second-order valence-electron chi connectivity index (χ2n) is 5.70. The minimum atomic E-state index is 0.499. The Morgan fingerprint density at radius 2 is 2.06 bits per heavy atom. The summed E-state index contributed by atoms with van der Waals surface area (Å²) >= 11 is 0. The molecule has 0 unspecified atom stereocenters. The molecule has 0 amide bonds. The van der Waals surface area contributed by atoms with Gasteiger partial charge in [-0.3, -0.25) is 0 Å². The Hall–Kier alpha value is -1.09. The second kappa shape index (κ2) is 5.05. The molecule has 17 heavy (non-hydrogen) atoms. The summed E-state index contributed by atoms with van der Waals surface area (Å²) in [6, 6.07) is 4.28. The molecular formula is C14H23N3. The quantitative estimate of drug-likeness (QED) is 0.869. The number of anilines is 1. The molecule has 0 saturated carbocycles. The molecule has 1 aromatic rings. The summed E-state index contributed by atoms with van der Waals surface area (Å²) in [6.45, 7) is 7.88. The van der Waals surface area contributed by atoms with Crippen LogP contribution in [0.25, 0.3) is 0 Å². The predicted octanol–water partition coefficient (Wildman–Crippen LogP) is 2.43. The van der Waals surface area contributed by atoms with Crippen LogP contribution >= 0.6 is 0 Å². The van der Waals surface area contributed by atoms with Crippen molar-refractivity contribution in [3.63, 3.8) is 0 Å². The molecule has 94 valence electrons. The molecule has 1 aliphatic rings. The maximum absolute atomic E-state index is 4.49. The predicted molar refractivity (Wildman–Crippen MR) is 72.2 cm³/mol. The lowest BCUT2D eigenvalue weighted by atomic mass is 9.83. The highest BCUT2D eigenvalue weighted by atomic mass is 15.2. The minimum Gasteiger partial charge on any atom is -0.357 e. The molecule has 1 fully saturated rings. The lowest BCUT2D eigenvalue weighted by molar-refractivity contribution is 0.279. The van der Waals surface area contributed by atoms with Crippen LogP contribution in [0, 0.1) is 5.41 Å². The van der Waals surface area contributed by atoms with Crippen molar-refractivity contribution in [3.05, 3.63) is 23.9 Å². The molecule has 1 aromatic heterocycles. The van der Waals surface area contributed by atoms with Crippen molar-refractivity contribution in [1.82, 2.24) is 10.3 Å². The number of aromatic nitrogens is 1. The third-order valence-electron chi connectivity index (χ3n) is 3.63. The first-order valence-corrected chi connectivity index (χ1v) is 6.45. The van der Waals surface area contributed by atoms with E-state index in [1.54, 1.807) is 0 Å². The Morgan fingerprint density at radius 3 is 2.71 bits per heavy atom. The SMILES string of the molecule is CNCc1ccnc(N2CCC(C)(C)CC2)c1. The van der Waals surface area contributed by atoms with Gasteiger partial charge in [-0.2, -0.15) is 0 Å². The van der Waals surface area contributed by atoms with E-state index in [0.717, 1.165) is 25.5 Å². The van der Waals surface area contributed by atoms with E-state index < -0.39 is 0 Å². The molecule has 0 radical (unpaired) electrons. The number of hydrogen-bond acceptors (Lipinski definition) is 3. The van der Waals surface area contributed by atoms with E-state index in [0.29, 0.717) is 5.41 Å². The monoisotopic (exact) mass is 233 g/mol. The molecule has 2 rings (SSSR count). The number of hydrogen-bond donors (Lipinski definition) is 1. The van der Waals surface area contributed by atoms with Crippen LogP contribution < -0.4 is 10.2 Å². The smallest absolute Gasteiger partial charge is 0.128 e. The van der Waals surface area contributed by atoms with Gasteiger partial charge < -0.3 is 10.2 Å². The van der Waals surface area contributed by atoms with Crippen LogP contribution in [0.4, 0.5) is 5.82 Å². The zero-order valence-corrected chi connectivity index (χ0v) is 11.2. The van der Waals surface area contributed by atoms with Crippen molar-refractivity contribution < 1.29 is 0 Å². The van der Waals surface area contributed by atoms with Crippen molar-refractivity contribution in [2.45, 2.75) is 33.2 Å². The van der Waals surface area contributed by atoms with Crippen LogP contribution in [-0.2, 0) is 6.54 Å². The van der Waals surface area contributed by atoms with E-state index in [2.05, 4.69) is 41.2 Å². The Labute approximate surface area is 104 Å². The summed E-state index contributed by atoms with van der Waals surface area (Å²) in [5.41, 5.74) is 1.81. The maximum Gasteiger partial charge on any atom is 0.128 e. The molecule has 3 heteroatoms. The highest BCUT2D eigenvalue weighted by Gasteiger charge is 2.25. The fourth-order valence-corrected chi connectivity index (χ4v) is 2.29. The molecule has 0 spiro atoms. The van der Waals surface area contributed by atoms with Gasteiger partial charge in [0.25, 0.3) is 0 Å². The second-order valence-corrected chi connectivity index (χ2v) is 5.70. The number of nitrogens with one attached hydrogen (secondary N) is 1. The summed E-state index contributed by atoms with van der Waals surface area (Å²) in [4.78, 5) is 6.90. The largest absolute Gasteiger partial charge is 0.357 e. The molecular weight excluding hydrogens is 210 g/mol. The third-order valence-corrected chi connectivity index (χ3v) is 3.63. The Kier molecular flexibility index (Phi) is 3.67. The summed E-state index contributed by atoms with van der Waals surface area (Å²) in [7, 11) is 1.98. The molecule has 0 aliphatic carbocycles. The van der Waals surface area contributed by atoms with Crippen LogP contribution in [0.2, 0.25) is 0 Å². The van der Waals surface area contributed by atoms with E-state index in [9.17, 15) is 0 Å². The molecule has 2 heterocycles. The number of piperidine rings is 1. The lowest BCUT2D eigenvalue weighted by Gasteiger charge is -2.37. The summed E-state index contributed by atoms with van der Waals surface area (Å²) < 4.78 is 0. The average molecular weight is 233 g/mol. The summed E-state index contributed by atoms with van der Waals surface area (Å²) in [5, 5.41) is 3.18. The molecule has 0 bridgehead atoms. The van der Waals surface area contributed by atoms with Crippen LogP contribution in [0.3, 0.4) is 0 Å². The van der Waals surface area contributed by atoms with Crippen molar-refractivity contribution in [1.29, 1.82) is 0 Å². The topological polar surface area (TPSA) is 28.2 Å². The van der Waals surface area contributed by atoms with Gasteiger partial charge in [-0.05, 0) is 43.0 Å². The van der Waals surface area contributed by atoms with E-state index in [1.165, 1.54) is 18.4 Å².